The van der Waals surface area contributed by atoms with Crippen LogP contribution in [0.2, 0.25) is 0 Å². The van der Waals surface area contributed by atoms with Gasteiger partial charge < -0.3 is 25.1 Å². The number of anilines is 1. The van der Waals surface area contributed by atoms with E-state index in [-0.39, 0.29) is 11.5 Å². The third-order valence-electron chi connectivity index (χ3n) is 7.84. The number of rotatable bonds is 10. The molecular weight excluding hydrogens is 510 g/mol. The molecule has 3 aromatic carbocycles. The van der Waals surface area contributed by atoms with E-state index in [0.29, 0.717) is 33.7 Å². The van der Waals surface area contributed by atoms with Gasteiger partial charge in [-0.25, -0.2) is 4.79 Å². The summed E-state index contributed by atoms with van der Waals surface area (Å²) in [6.07, 6.45) is 2.13. The van der Waals surface area contributed by atoms with Crippen LogP contribution in [0.15, 0.2) is 77.7 Å². The van der Waals surface area contributed by atoms with E-state index in [1.54, 1.807) is 19.2 Å². The zero-order chi connectivity index (χ0) is 28.0. The zero-order valence-corrected chi connectivity index (χ0v) is 23.9. The minimum Gasteiger partial charge on any atom is -0.497 e. The van der Waals surface area contributed by atoms with Gasteiger partial charge >= 0.3 is 5.97 Å². The Labute approximate surface area is 235 Å². The Bertz CT molecular complexity index is 1230. The van der Waals surface area contributed by atoms with E-state index in [1.165, 1.54) is 11.8 Å². The molecule has 1 fully saturated rings. The van der Waals surface area contributed by atoms with Crippen LogP contribution in [-0.4, -0.2) is 30.4 Å². The summed E-state index contributed by atoms with van der Waals surface area (Å²) in [6, 6.07) is 22.2. The number of esters is 1. The second-order valence-electron chi connectivity index (χ2n) is 10.8. The van der Waals surface area contributed by atoms with E-state index in [0.717, 1.165) is 31.2 Å². The minimum absolute atomic E-state index is 0.117. The first kappa shape index (κ1) is 28.8. The van der Waals surface area contributed by atoms with Crippen molar-refractivity contribution in [2.45, 2.75) is 68.8 Å². The summed E-state index contributed by atoms with van der Waals surface area (Å²) < 4.78 is 17.2. The summed E-state index contributed by atoms with van der Waals surface area (Å²) >= 11 is 1.31. The van der Waals surface area contributed by atoms with Crippen molar-refractivity contribution < 1.29 is 24.1 Å². The molecule has 2 unspecified atom stereocenters. The van der Waals surface area contributed by atoms with Crippen molar-refractivity contribution in [3.63, 3.8) is 0 Å². The van der Waals surface area contributed by atoms with Crippen LogP contribution in [0.3, 0.4) is 0 Å². The maximum Gasteiger partial charge on any atom is 0.336 e. The number of thioether (sulfide) groups is 1. The fourth-order valence-corrected chi connectivity index (χ4v) is 6.19. The van der Waals surface area contributed by atoms with Gasteiger partial charge in [0.25, 0.3) is 0 Å². The number of carbonyl (C=O) groups excluding carboxylic acids is 1. The van der Waals surface area contributed by atoms with Gasteiger partial charge in [-0.15, -0.1) is 11.8 Å². The molecule has 208 valence electrons. The Morgan fingerprint density at radius 3 is 2.38 bits per heavy atom. The number of carbonyl (C=O) groups is 1. The average Bonchev–Trinajstić information content (AvgIpc) is 2.93. The molecule has 0 saturated heterocycles. The molecule has 0 spiro atoms. The number of benzene rings is 3. The molecule has 4 rings (SSSR count). The molecule has 1 aliphatic rings. The molecule has 6 nitrogen and oxygen atoms in total. The number of hydrogen-bond donors (Lipinski definition) is 2. The second-order valence-corrected chi connectivity index (χ2v) is 12.0. The van der Waals surface area contributed by atoms with Crippen molar-refractivity contribution in [1.29, 1.82) is 0 Å². The summed E-state index contributed by atoms with van der Waals surface area (Å²) in [5, 5.41) is 10.7. The van der Waals surface area contributed by atoms with Crippen LogP contribution >= 0.6 is 11.8 Å². The first-order valence-electron chi connectivity index (χ1n) is 13.5. The average molecular weight is 550 g/mol. The van der Waals surface area contributed by atoms with Crippen LogP contribution in [0.4, 0.5) is 5.69 Å². The quantitative estimate of drug-likeness (QED) is 0.155. The molecule has 0 radical (unpaired) electrons. The highest BCUT2D eigenvalue weighted by molar-refractivity contribution is 7.99. The summed E-state index contributed by atoms with van der Waals surface area (Å²) in [7, 11) is 1.60. The highest BCUT2D eigenvalue weighted by atomic mass is 32.2. The number of methoxy groups -OCH3 is 1. The van der Waals surface area contributed by atoms with Gasteiger partial charge in [-0.1, -0.05) is 51.1 Å². The fourth-order valence-electron chi connectivity index (χ4n) is 4.99. The summed E-state index contributed by atoms with van der Waals surface area (Å²) in [6.45, 7) is 6.70. The number of hydrogen-bond acceptors (Lipinski definition) is 7. The maximum absolute atomic E-state index is 13.3. The summed E-state index contributed by atoms with van der Waals surface area (Å²) in [5.74, 6) is 1.87. The number of nitrogen functional groups attached to an aromatic ring is 1. The van der Waals surface area contributed by atoms with E-state index in [4.69, 9.17) is 19.9 Å². The first-order chi connectivity index (χ1) is 18.7. The van der Waals surface area contributed by atoms with Gasteiger partial charge in [0.05, 0.1) is 12.4 Å². The van der Waals surface area contributed by atoms with E-state index >= 15 is 0 Å². The molecule has 3 aromatic rings. The van der Waals surface area contributed by atoms with Crippen LogP contribution in [0, 0.1) is 11.3 Å². The third-order valence-corrected chi connectivity index (χ3v) is 9.23. The molecule has 7 heteroatoms. The largest absolute Gasteiger partial charge is 0.497 e. The van der Waals surface area contributed by atoms with E-state index in [1.807, 2.05) is 60.7 Å². The monoisotopic (exact) mass is 549 g/mol. The number of ether oxygens (including phenoxy) is 3. The molecule has 4 atom stereocenters. The molecule has 0 aliphatic heterocycles. The van der Waals surface area contributed by atoms with Gasteiger partial charge in [-0.05, 0) is 85.0 Å². The number of aliphatic hydroxyl groups is 1. The molecule has 0 bridgehead atoms. The molecular formula is C32H39NO5S. The SMILES string of the molecule is COc1ccc([C@H](Sc2cc(Oc3ccccc3)ccc2N)[C@@H](O)C(=O)OC2CCCC(C)(C(C)C)C2)cc1. The smallest absolute Gasteiger partial charge is 0.336 e. The van der Waals surface area contributed by atoms with Gasteiger partial charge in [0.15, 0.2) is 6.10 Å². The Kier molecular flexibility index (Phi) is 9.46. The fraction of sp³-hybridized carbons (Fsp3) is 0.406. The van der Waals surface area contributed by atoms with Crippen LogP contribution < -0.4 is 15.2 Å². The normalized spacial score (nSPS) is 20.7. The van der Waals surface area contributed by atoms with E-state index in [2.05, 4.69) is 20.8 Å². The first-order valence-corrected chi connectivity index (χ1v) is 14.4. The standard InChI is InChI=1S/C32H39NO5S/c1-21(2)32(3)18-8-11-26(20-32)38-31(35)29(34)30(22-12-14-23(36-4)15-13-22)39-28-19-25(16-17-27(28)33)37-24-9-6-5-7-10-24/h5-7,9-10,12-17,19,21,26,29-30,34H,8,11,18,20,33H2,1-4H3/t26?,29-,30+,32?/m1/s1. The van der Waals surface area contributed by atoms with Crippen LogP contribution in [0.25, 0.3) is 0 Å². The lowest BCUT2D eigenvalue weighted by atomic mass is 9.67. The Morgan fingerprint density at radius 2 is 1.72 bits per heavy atom. The highest BCUT2D eigenvalue weighted by Crippen LogP contribution is 2.45. The van der Waals surface area contributed by atoms with Crippen LogP contribution in [-0.2, 0) is 9.53 Å². The Balaban J connectivity index is 1.57. The highest BCUT2D eigenvalue weighted by Gasteiger charge is 2.38. The lowest BCUT2D eigenvalue weighted by molar-refractivity contribution is -0.163. The molecule has 3 N–H and O–H groups in total. The molecule has 1 aliphatic carbocycles. The van der Waals surface area contributed by atoms with Crippen molar-refractivity contribution in [1.82, 2.24) is 0 Å². The topological polar surface area (TPSA) is 91.0 Å². The number of nitrogens with two attached hydrogens (primary N) is 1. The summed E-state index contributed by atoms with van der Waals surface area (Å²) in [5.41, 5.74) is 7.75. The minimum atomic E-state index is -1.39. The second kappa shape index (κ2) is 12.8. The lowest BCUT2D eigenvalue weighted by Gasteiger charge is -2.41. The van der Waals surface area contributed by atoms with Gasteiger partial charge in [0.1, 0.15) is 23.4 Å². The lowest BCUT2D eigenvalue weighted by Crippen LogP contribution is -2.38. The van der Waals surface area contributed by atoms with E-state index < -0.39 is 17.3 Å². The third kappa shape index (κ3) is 7.28. The Morgan fingerprint density at radius 1 is 1.03 bits per heavy atom. The summed E-state index contributed by atoms with van der Waals surface area (Å²) in [4.78, 5) is 14.0. The predicted molar refractivity (Wildman–Crippen MR) is 156 cm³/mol. The van der Waals surface area contributed by atoms with Crippen molar-refractivity contribution in [2.75, 3.05) is 12.8 Å². The van der Waals surface area contributed by atoms with Crippen LogP contribution in [0.5, 0.6) is 17.2 Å². The van der Waals surface area contributed by atoms with E-state index in [9.17, 15) is 9.90 Å². The van der Waals surface area contributed by atoms with Gasteiger partial charge in [-0.3, -0.25) is 0 Å². The predicted octanol–water partition coefficient (Wildman–Crippen LogP) is 7.41. The van der Waals surface area contributed by atoms with Crippen molar-refractivity contribution in [2.24, 2.45) is 11.3 Å². The number of para-hydroxylation sites is 1. The number of aliphatic hydroxyl groups excluding tert-OH is 1. The molecule has 1 saturated carbocycles. The van der Waals surface area contributed by atoms with Gasteiger partial charge in [0, 0.05) is 10.6 Å². The van der Waals surface area contributed by atoms with Crippen molar-refractivity contribution in [3.8, 4) is 17.2 Å². The van der Waals surface area contributed by atoms with Gasteiger partial charge in [0.2, 0.25) is 0 Å². The molecule has 0 heterocycles. The zero-order valence-electron chi connectivity index (χ0n) is 23.1. The van der Waals surface area contributed by atoms with Crippen LogP contribution in [0.1, 0.15) is 57.3 Å². The maximum atomic E-state index is 13.3. The Hall–Kier alpha value is -3.16. The van der Waals surface area contributed by atoms with Crippen molar-refractivity contribution >= 4 is 23.4 Å². The molecule has 0 amide bonds. The molecule has 0 aromatic heterocycles. The van der Waals surface area contributed by atoms with Crippen molar-refractivity contribution in [3.05, 3.63) is 78.4 Å². The molecule has 39 heavy (non-hydrogen) atoms. The van der Waals surface area contributed by atoms with Gasteiger partial charge in [-0.2, -0.15) is 0 Å².